The Bertz CT molecular complexity index is 756. The van der Waals surface area contributed by atoms with Crippen LogP contribution in [0.3, 0.4) is 0 Å². The molecule has 3 rings (SSSR count). The summed E-state index contributed by atoms with van der Waals surface area (Å²) in [7, 11) is 0. The van der Waals surface area contributed by atoms with E-state index in [0.29, 0.717) is 43.2 Å². The van der Waals surface area contributed by atoms with E-state index in [4.69, 9.17) is 9.26 Å². The van der Waals surface area contributed by atoms with Gasteiger partial charge in [0.05, 0.1) is 24.9 Å². The molecule has 1 N–H and O–H groups in total. The number of halogens is 1. The summed E-state index contributed by atoms with van der Waals surface area (Å²) in [5, 5.41) is 6.90. The molecule has 1 aliphatic rings. The molecule has 140 valence electrons. The summed E-state index contributed by atoms with van der Waals surface area (Å²) >= 11 is 0. The maximum Gasteiger partial charge on any atom is 0.256 e. The zero-order valence-corrected chi connectivity index (χ0v) is 15.1. The molecular formula is C19H24FN3O3. The van der Waals surface area contributed by atoms with E-state index in [0.717, 1.165) is 18.7 Å². The van der Waals surface area contributed by atoms with Crippen molar-refractivity contribution >= 4 is 5.91 Å². The number of carbonyl (C=O) groups is 1. The summed E-state index contributed by atoms with van der Waals surface area (Å²) in [6.07, 6.45) is 0.622. The van der Waals surface area contributed by atoms with Gasteiger partial charge in [-0.15, -0.1) is 0 Å². The molecule has 0 unspecified atom stereocenters. The molecule has 0 saturated carbocycles. The van der Waals surface area contributed by atoms with Crippen molar-refractivity contribution in [3.05, 3.63) is 52.7 Å². The van der Waals surface area contributed by atoms with Crippen LogP contribution in [0.25, 0.3) is 0 Å². The van der Waals surface area contributed by atoms with Crippen molar-refractivity contribution in [2.24, 2.45) is 0 Å². The topological polar surface area (TPSA) is 67.6 Å². The Morgan fingerprint density at radius 1 is 1.38 bits per heavy atom. The first-order chi connectivity index (χ1) is 12.6. The number of hydrogen-bond donors (Lipinski definition) is 1. The van der Waals surface area contributed by atoms with Gasteiger partial charge in [-0.25, -0.2) is 4.39 Å². The molecule has 1 fully saturated rings. The Morgan fingerprint density at radius 3 is 2.85 bits per heavy atom. The van der Waals surface area contributed by atoms with Crippen LogP contribution >= 0.6 is 0 Å². The number of hydrogen-bond acceptors (Lipinski definition) is 5. The van der Waals surface area contributed by atoms with Crippen LogP contribution in [-0.4, -0.2) is 48.8 Å². The van der Waals surface area contributed by atoms with Crippen LogP contribution in [0.15, 0.2) is 28.8 Å². The third-order valence-electron chi connectivity index (χ3n) is 4.67. The van der Waals surface area contributed by atoms with Gasteiger partial charge in [0.1, 0.15) is 17.1 Å². The Morgan fingerprint density at radius 2 is 2.15 bits per heavy atom. The zero-order chi connectivity index (χ0) is 18.5. The number of ether oxygens (including phenoxy) is 1. The summed E-state index contributed by atoms with van der Waals surface area (Å²) in [6, 6.07) is 6.40. The third-order valence-corrected chi connectivity index (χ3v) is 4.67. The van der Waals surface area contributed by atoms with Gasteiger partial charge in [-0.2, -0.15) is 0 Å². The molecule has 2 aromatic rings. The number of nitrogens with one attached hydrogen (secondary N) is 1. The van der Waals surface area contributed by atoms with Gasteiger partial charge in [0, 0.05) is 19.6 Å². The third kappa shape index (κ3) is 4.11. The number of rotatable bonds is 6. The minimum atomic E-state index is -0.282. The predicted octanol–water partition coefficient (Wildman–Crippen LogP) is 2.49. The molecule has 7 heteroatoms. The van der Waals surface area contributed by atoms with Crippen LogP contribution in [0, 0.1) is 12.7 Å². The van der Waals surface area contributed by atoms with Crippen molar-refractivity contribution in [3.8, 4) is 0 Å². The molecule has 6 nitrogen and oxygen atoms in total. The van der Waals surface area contributed by atoms with Gasteiger partial charge in [0.2, 0.25) is 0 Å². The molecule has 26 heavy (non-hydrogen) atoms. The normalized spacial score (nSPS) is 16.4. The van der Waals surface area contributed by atoms with Crippen molar-refractivity contribution in [1.29, 1.82) is 0 Å². The molecule has 1 saturated heterocycles. The molecule has 0 bridgehead atoms. The second kappa shape index (κ2) is 8.42. The number of benzene rings is 1. The van der Waals surface area contributed by atoms with Crippen molar-refractivity contribution in [2.45, 2.75) is 26.3 Å². The molecule has 1 aromatic carbocycles. The fourth-order valence-electron chi connectivity index (χ4n) is 3.29. The molecule has 1 amide bonds. The van der Waals surface area contributed by atoms with E-state index < -0.39 is 0 Å². The highest BCUT2D eigenvalue weighted by Crippen LogP contribution is 2.22. The van der Waals surface area contributed by atoms with E-state index in [1.165, 1.54) is 12.1 Å². The van der Waals surface area contributed by atoms with Crippen LogP contribution in [0.4, 0.5) is 4.39 Å². The van der Waals surface area contributed by atoms with Crippen LogP contribution in [0.5, 0.6) is 0 Å². The first-order valence-corrected chi connectivity index (χ1v) is 8.90. The molecule has 1 aliphatic heterocycles. The standard InChI is InChI=1S/C19H24FN3O3/c1-3-16-18(13(2)26-22-16)19(24)21-12-17(23-7-9-25-10-8-23)14-5-4-6-15(20)11-14/h4-6,11,17H,3,7-10,12H2,1-2H3,(H,21,24)/t17-/m0/s1. The van der Waals surface area contributed by atoms with Gasteiger partial charge in [-0.05, 0) is 31.0 Å². The lowest BCUT2D eigenvalue weighted by Gasteiger charge is -2.35. The Hall–Kier alpha value is -2.25. The monoisotopic (exact) mass is 361 g/mol. The number of aryl methyl sites for hydroxylation is 2. The van der Waals surface area contributed by atoms with Gasteiger partial charge < -0.3 is 14.6 Å². The molecule has 1 aromatic heterocycles. The maximum atomic E-state index is 13.7. The summed E-state index contributed by atoms with van der Waals surface area (Å²) in [5.74, 6) is 0.0125. The van der Waals surface area contributed by atoms with E-state index in [-0.39, 0.29) is 17.8 Å². The second-order valence-electron chi connectivity index (χ2n) is 6.34. The van der Waals surface area contributed by atoms with Crippen LogP contribution in [0.1, 0.15) is 40.3 Å². The van der Waals surface area contributed by atoms with Crippen LogP contribution in [-0.2, 0) is 11.2 Å². The minimum Gasteiger partial charge on any atom is -0.379 e. The largest absolute Gasteiger partial charge is 0.379 e. The smallest absolute Gasteiger partial charge is 0.256 e. The number of morpholine rings is 1. The number of carbonyl (C=O) groups excluding carboxylic acids is 1. The minimum absolute atomic E-state index is 0.121. The van der Waals surface area contributed by atoms with Crippen molar-refractivity contribution in [1.82, 2.24) is 15.4 Å². The fourth-order valence-corrected chi connectivity index (χ4v) is 3.29. The predicted molar refractivity (Wildman–Crippen MR) is 94.5 cm³/mol. The van der Waals surface area contributed by atoms with Gasteiger partial charge >= 0.3 is 0 Å². The Kier molecular flexibility index (Phi) is 6.00. The highest BCUT2D eigenvalue weighted by atomic mass is 19.1. The second-order valence-corrected chi connectivity index (χ2v) is 6.34. The number of nitrogens with zero attached hydrogens (tertiary/aromatic N) is 2. The molecular weight excluding hydrogens is 337 g/mol. The fraction of sp³-hybridized carbons (Fsp3) is 0.474. The van der Waals surface area contributed by atoms with E-state index in [1.807, 2.05) is 13.0 Å². The first kappa shape index (κ1) is 18.5. The molecule has 2 heterocycles. The average Bonchev–Trinajstić information content (AvgIpc) is 3.03. The average molecular weight is 361 g/mol. The lowest BCUT2D eigenvalue weighted by Crippen LogP contribution is -2.44. The lowest BCUT2D eigenvalue weighted by molar-refractivity contribution is 0.0161. The van der Waals surface area contributed by atoms with E-state index in [2.05, 4.69) is 15.4 Å². The van der Waals surface area contributed by atoms with Crippen LogP contribution < -0.4 is 5.32 Å². The zero-order valence-electron chi connectivity index (χ0n) is 15.1. The summed E-state index contributed by atoms with van der Waals surface area (Å²) in [4.78, 5) is 14.9. The summed E-state index contributed by atoms with van der Waals surface area (Å²) < 4.78 is 24.3. The molecule has 0 aliphatic carbocycles. The van der Waals surface area contributed by atoms with Crippen molar-refractivity contribution < 1.29 is 18.4 Å². The van der Waals surface area contributed by atoms with Crippen LogP contribution in [0.2, 0.25) is 0 Å². The Balaban J connectivity index is 1.77. The molecule has 0 spiro atoms. The van der Waals surface area contributed by atoms with E-state index in [1.54, 1.807) is 13.0 Å². The Labute approximate surface area is 152 Å². The van der Waals surface area contributed by atoms with E-state index >= 15 is 0 Å². The quantitative estimate of drug-likeness (QED) is 0.856. The van der Waals surface area contributed by atoms with Crippen molar-refractivity contribution in [2.75, 3.05) is 32.8 Å². The number of aromatic nitrogens is 1. The number of amides is 1. The lowest BCUT2D eigenvalue weighted by atomic mass is 10.0. The SMILES string of the molecule is CCc1noc(C)c1C(=O)NC[C@@H](c1cccc(F)c1)N1CCOCC1. The highest BCUT2D eigenvalue weighted by molar-refractivity contribution is 5.96. The summed E-state index contributed by atoms with van der Waals surface area (Å²) in [5.41, 5.74) is 1.98. The summed E-state index contributed by atoms with van der Waals surface area (Å²) in [6.45, 7) is 6.77. The van der Waals surface area contributed by atoms with Gasteiger partial charge in [0.15, 0.2) is 0 Å². The maximum absolute atomic E-state index is 13.7. The van der Waals surface area contributed by atoms with Gasteiger partial charge in [-0.3, -0.25) is 9.69 Å². The van der Waals surface area contributed by atoms with Crippen molar-refractivity contribution in [3.63, 3.8) is 0 Å². The molecule has 1 atom stereocenters. The van der Waals surface area contributed by atoms with Gasteiger partial charge in [-0.1, -0.05) is 24.2 Å². The first-order valence-electron chi connectivity index (χ1n) is 8.90. The molecule has 0 radical (unpaired) electrons. The van der Waals surface area contributed by atoms with E-state index in [9.17, 15) is 9.18 Å². The highest BCUT2D eigenvalue weighted by Gasteiger charge is 2.25. The van der Waals surface area contributed by atoms with Gasteiger partial charge in [0.25, 0.3) is 5.91 Å².